The van der Waals surface area contributed by atoms with Gasteiger partial charge in [0, 0.05) is 21.9 Å². The van der Waals surface area contributed by atoms with E-state index < -0.39 is 0 Å². The fraction of sp³-hybridized carbons (Fsp3) is 0.0800. The van der Waals surface area contributed by atoms with Crippen molar-refractivity contribution in [1.82, 2.24) is 9.55 Å². The van der Waals surface area contributed by atoms with Crippen LogP contribution in [-0.4, -0.2) is 9.55 Å². The first-order valence-electron chi connectivity index (χ1n) is 9.28. The molecule has 0 saturated heterocycles. The second-order valence-corrected chi connectivity index (χ2v) is 7.91. The molecule has 0 aliphatic carbocycles. The number of benzene rings is 3. The first-order chi connectivity index (χ1) is 14.3. The summed E-state index contributed by atoms with van der Waals surface area (Å²) in [5, 5.41) is 1.64. The van der Waals surface area contributed by atoms with Gasteiger partial charge in [-0.15, -0.1) is 6.42 Å². The van der Waals surface area contributed by atoms with Gasteiger partial charge in [0.05, 0.1) is 17.9 Å². The Kier molecular flexibility index (Phi) is 6.05. The average molecular weight is 415 g/mol. The van der Waals surface area contributed by atoms with Crippen LogP contribution in [0.25, 0.3) is 22.5 Å². The van der Waals surface area contributed by atoms with Gasteiger partial charge in [-0.2, -0.15) is 0 Å². The average Bonchev–Trinajstić information content (AvgIpc) is 3.12. The summed E-state index contributed by atoms with van der Waals surface area (Å²) in [6.45, 7) is 0.460. The molecule has 1 aromatic heterocycles. The number of thioether (sulfide) groups is 1. The molecular weight excluding hydrogens is 396 g/mol. The molecule has 0 N–H and O–H groups in total. The number of terminal acetylenes is 1. The SMILES string of the molecule is C#CCn1c(SCc2cccc(Cl)c2)nc(-c2ccccc2)c1-c1ccccc1. The van der Waals surface area contributed by atoms with E-state index in [4.69, 9.17) is 23.0 Å². The highest BCUT2D eigenvalue weighted by Gasteiger charge is 2.20. The number of halogens is 1. The Hall–Kier alpha value is -2.93. The zero-order valence-electron chi connectivity index (χ0n) is 15.8. The van der Waals surface area contributed by atoms with Gasteiger partial charge < -0.3 is 4.57 Å². The van der Waals surface area contributed by atoms with Crippen LogP contribution in [0.5, 0.6) is 0 Å². The summed E-state index contributed by atoms with van der Waals surface area (Å²) in [6.07, 6.45) is 5.73. The van der Waals surface area contributed by atoms with E-state index in [1.807, 2.05) is 54.6 Å². The van der Waals surface area contributed by atoms with E-state index in [-0.39, 0.29) is 0 Å². The van der Waals surface area contributed by atoms with E-state index in [0.29, 0.717) is 6.54 Å². The van der Waals surface area contributed by atoms with Crippen LogP contribution in [0.2, 0.25) is 5.02 Å². The van der Waals surface area contributed by atoms with Crippen LogP contribution in [0.1, 0.15) is 5.56 Å². The molecule has 1 heterocycles. The summed E-state index contributed by atoms with van der Waals surface area (Å²) in [7, 11) is 0. The third kappa shape index (κ3) is 4.40. The molecule has 0 aliphatic heterocycles. The van der Waals surface area contributed by atoms with Crippen LogP contribution >= 0.6 is 23.4 Å². The van der Waals surface area contributed by atoms with Gasteiger partial charge in [0.25, 0.3) is 0 Å². The van der Waals surface area contributed by atoms with E-state index in [1.165, 1.54) is 0 Å². The molecule has 0 radical (unpaired) electrons. The Morgan fingerprint density at radius 2 is 1.59 bits per heavy atom. The lowest BCUT2D eigenvalue weighted by molar-refractivity contribution is 0.745. The second-order valence-electron chi connectivity index (χ2n) is 6.53. The summed E-state index contributed by atoms with van der Waals surface area (Å²) in [5.41, 5.74) is 5.32. The number of imidazole rings is 1. The molecule has 2 nitrogen and oxygen atoms in total. The molecule has 4 heteroatoms. The minimum Gasteiger partial charge on any atom is -0.307 e. The number of nitrogens with zero attached hydrogens (tertiary/aromatic N) is 2. The highest BCUT2D eigenvalue weighted by atomic mass is 35.5. The Labute approximate surface area is 180 Å². The molecule has 29 heavy (non-hydrogen) atoms. The molecule has 0 unspecified atom stereocenters. The normalized spacial score (nSPS) is 10.6. The van der Waals surface area contributed by atoms with E-state index in [1.54, 1.807) is 11.8 Å². The maximum absolute atomic E-state index is 6.14. The number of hydrogen-bond acceptors (Lipinski definition) is 2. The maximum atomic E-state index is 6.14. The minimum absolute atomic E-state index is 0.460. The smallest absolute Gasteiger partial charge is 0.170 e. The molecule has 0 saturated carbocycles. The standard InChI is InChI=1S/C25H19ClN2S/c1-2-16-28-24(21-13-7-4-8-14-21)23(20-11-5-3-6-12-20)27-25(28)29-18-19-10-9-15-22(26)17-19/h1,3-15,17H,16,18H2. The number of hydrogen-bond donors (Lipinski definition) is 0. The minimum atomic E-state index is 0.460. The van der Waals surface area contributed by atoms with Gasteiger partial charge in [-0.05, 0) is 17.7 Å². The first kappa shape index (κ1) is 19.4. The van der Waals surface area contributed by atoms with E-state index in [2.05, 4.69) is 40.8 Å². The quantitative estimate of drug-likeness (QED) is 0.255. The summed E-state index contributed by atoms with van der Waals surface area (Å²) in [6, 6.07) is 28.4. The fourth-order valence-corrected chi connectivity index (χ4v) is 4.40. The topological polar surface area (TPSA) is 17.8 Å². The van der Waals surface area contributed by atoms with Crippen molar-refractivity contribution in [2.75, 3.05) is 0 Å². The molecule has 0 bridgehead atoms. The predicted molar refractivity (Wildman–Crippen MR) is 123 cm³/mol. The molecule has 0 atom stereocenters. The molecule has 3 aromatic carbocycles. The van der Waals surface area contributed by atoms with Crippen LogP contribution in [0.15, 0.2) is 90.1 Å². The van der Waals surface area contributed by atoms with Gasteiger partial charge in [-0.1, -0.05) is 102 Å². The molecular formula is C25H19ClN2S. The molecule has 4 aromatic rings. The fourth-order valence-electron chi connectivity index (χ4n) is 3.24. The maximum Gasteiger partial charge on any atom is 0.170 e. The second kappa shape index (κ2) is 9.05. The van der Waals surface area contributed by atoms with Crippen LogP contribution in [0, 0.1) is 12.3 Å². The largest absolute Gasteiger partial charge is 0.307 e. The summed E-state index contributed by atoms with van der Waals surface area (Å²) < 4.78 is 2.13. The molecule has 0 amide bonds. The van der Waals surface area contributed by atoms with Crippen molar-refractivity contribution in [3.05, 3.63) is 95.5 Å². The highest BCUT2D eigenvalue weighted by Crippen LogP contribution is 2.36. The lowest BCUT2D eigenvalue weighted by atomic mass is 10.0. The van der Waals surface area contributed by atoms with Crippen molar-refractivity contribution in [2.24, 2.45) is 0 Å². The van der Waals surface area contributed by atoms with Gasteiger partial charge in [-0.25, -0.2) is 4.98 Å². The van der Waals surface area contributed by atoms with E-state index >= 15 is 0 Å². The zero-order chi connectivity index (χ0) is 20.1. The molecule has 0 spiro atoms. The van der Waals surface area contributed by atoms with E-state index in [9.17, 15) is 0 Å². The first-order valence-corrected chi connectivity index (χ1v) is 10.6. The molecule has 142 valence electrons. The van der Waals surface area contributed by atoms with Gasteiger partial charge >= 0.3 is 0 Å². The zero-order valence-corrected chi connectivity index (χ0v) is 17.3. The van der Waals surface area contributed by atoms with Gasteiger partial charge in [0.15, 0.2) is 5.16 Å². The van der Waals surface area contributed by atoms with Crippen molar-refractivity contribution in [1.29, 1.82) is 0 Å². The van der Waals surface area contributed by atoms with Crippen molar-refractivity contribution in [3.8, 4) is 34.9 Å². The monoisotopic (exact) mass is 414 g/mol. The van der Waals surface area contributed by atoms with Crippen molar-refractivity contribution >= 4 is 23.4 Å². The van der Waals surface area contributed by atoms with Crippen molar-refractivity contribution in [2.45, 2.75) is 17.5 Å². The Morgan fingerprint density at radius 1 is 0.897 bits per heavy atom. The van der Waals surface area contributed by atoms with Crippen LogP contribution < -0.4 is 0 Å². The molecule has 0 aliphatic rings. The molecule has 0 fully saturated rings. The Morgan fingerprint density at radius 3 is 2.24 bits per heavy atom. The van der Waals surface area contributed by atoms with Crippen LogP contribution in [0.4, 0.5) is 0 Å². The summed E-state index contributed by atoms with van der Waals surface area (Å²) in [5.74, 6) is 3.56. The highest BCUT2D eigenvalue weighted by molar-refractivity contribution is 7.98. The van der Waals surface area contributed by atoms with Crippen molar-refractivity contribution < 1.29 is 0 Å². The van der Waals surface area contributed by atoms with E-state index in [0.717, 1.165) is 44.0 Å². The summed E-state index contributed by atoms with van der Waals surface area (Å²) in [4.78, 5) is 5.01. The number of aromatic nitrogens is 2. The van der Waals surface area contributed by atoms with Crippen LogP contribution in [0.3, 0.4) is 0 Å². The van der Waals surface area contributed by atoms with Crippen molar-refractivity contribution in [3.63, 3.8) is 0 Å². The lowest BCUT2D eigenvalue weighted by Crippen LogP contribution is -2.01. The molecule has 4 rings (SSSR count). The third-order valence-electron chi connectivity index (χ3n) is 4.53. The lowest BCUT2D eigenvalue weighted by Gasteiger charge is -2.10. The Balaban J connectivity index is 1.81. The Bertz CT molecular complexity index is 1140. The van der Waals surface area contributed by atoms with Crippen LogP contribution in [-0.2, 0) is 12.3 Å². The summed E-state index contributed by atoms with van der Waals surface area (Å²) >= 11 is 7.81. The third-order valence-corrected chi connectivity index (χ3v) is 5.82. The van der Waals surface area contributed by atoms with Gasteiger partial charge in [0.2, 0.25) is 0 Å². The van der Waals surface area contributed by atoms with Gasteiger partial charge in [-0.3, -0.25) is 0 Å². The number of rotatable bonds is 6. The predicted octanol–water partition coefficient (Wildman–Crippen LogP) is 6.80. The van der Waals surface area contributed by atoms with Gasteiger partial charge in [0.1, 0.15) is 0 Å².